The maximum absolute atomic E-state index is 12.4. The fourth-order valence-electron chi connectivity index (χ4n) is 2.85. The molecule has 2 rings (SSSR count). The molecule has 1 amide bonds. The number of amides is 1. The summed E-state index contributed by atoms with van der Waals surface area (Å²) in [6, 6.07) is 7.60. The quantitative estimate of drug-likeness (QED) is 0.465. The van der Waals surface area contributed by atoms with Crippen molar-refractivity contribution < 1.29 is 23.9 Å². The van der Waals surface area contributed by atoms with Gasteiger partial charge in [-0.15, -0.1) is 6.58 Å². The summed E-state index contributed by atoms with van der Waals surface area (Å²) in [6.07, 6.45) is 2.13. The van der Waals surface area contributed by atoms with Crippen molar-refractivity contribution in [1.29, 1.82) is 0 Å². The number of hydrogen-bond acceptors (Lipinski definition) is 6. The van der Waals surface area contributed by atoms with Crippen LogP contribution in [0.3, 0.4) is 0 Å². The Morgan fingerprint density at radius 2 is 2.15 bits per heavy atom. The van der Waals surface area contributed by atoms with Gasteiger partial charge in [-0.2, -0.15) is 0 Å². The molecule has 7 heteroatoms. The highest BCUT2D eigenvalue weighted by Crippen LogP contribution is 2.25. The van der Waals surface area contributed by atoms with Gasteiger partial charge in [0.05, 0.1) is 32.4 Å². The van der Waals surface area contributed by atoms with Gasteiger partial charge >= 0.3 is 5.97 Å². The van der Waals surface area contributed by atoms with Crippen molar-refractivity contribution >= 4 is 17.6 Å². The molecule has 27 heavy (non-hydrogen) atoms. The molecule has 0 saturated heterocycles. The van der Waals surface area contributed by atoms with E-state index in [0.29, 0.717) is 26.1 Å². The van der Waals surface area contributed by atoms with Crippen LogP contribution in [0.5, 0.6) is 5.75 Å². The average Bonchev–Trinajstić information content (AvgIpc) is 3.14. The highest BCUT2D eigenvalue weighted by molar-refractivity contribution is 6.03. The zero-order chi connectivity index (χ0) is 19.6. The lowest BCUT2D eigenvalue weighted by molar-refractivity contribution is -0.145. The first-order valence-electron chi connectivity index (χ1n) is 8.99. The summed E-state index contributed by atoms with van der Waals surface area (Å²) in [5.74, 6) is 0.217. The second-order valence-electron chi connectivity index (χ2n) is 6.06. The molecule has 146 valence electrons. The molecule has 0 radical (unpaired) electrons. The van der Waals surface area contributed by atoms with Crippen LogP contribution in [0.15, 0.2) is 42.1 Å². The highest BCUT2D eigenvalue weighted by atomic mass is 16.6. The molecule has 0 fully saturated rings. The largest absolute Gasteiger partial charge is 0.496 e. The SMILES string of the molecule is C=CCN(C[C@H]1CC(c2ccccc2OC)=NO1)C(=O)CCC(=O)OCC. The molecule has 0 N–H and O–H groups in total. The van der Waals surface area contributed by atoms with Gasteiger partial charge < -0.3 is 19.2 Å². The van der Waals surface area contributed by atoms with Crippen LogP contribution in [0.4, 0.5) is 0 Å². The molecule has 0 unspecified atom stereocenters. The number of oxime groups is 1. The number of methoxy groups -OCH3 is 1. The molecule has 1 aliphatic rings. The third-order valence-corrected chi connectivity index (χ3v) is 4.13. The molecule has 0 spiro atoms. The predicted octanol–water partition coefficient (Wildman–Crippen LogP) is 2.55. The molecule has 1 aliphatic heterocycles. The van der Waals surface area contributed by atoms with E-state index in [0.717, 1.165) is 17.0 Å². The van der Waals surface area contributed by atoms with Gasteiger partial charge in [-0.3, -0.25) is 9.59 Å². The Balaban J connectivity index is 1.93. The molecule has 0 aromatic heterocycles. The molecule has 7 nitrogen and oxygen atoms in total. The lowest BCUT2D eigenvalue weighted by Crippen LogP contribution is -2.38. The third-order valence-electron chi connectivity index (χ3n) is 4.13. The van der Waals surface area contributed by atoms with E-state index < -0.39 is 0 Å². The van der Waals surface area contributed by atoms with Gasteiger partial charge in [-0.05, 0) is 19.1 Å². The second-order valence-corrected chi connectivity index (χ2v) is 6.06. The fourth-order valence-corrected chi connectivity index (χ4v) is 2.85. The minimum absolute atomic E-state index is 0.0643. The number of para-hydroxylation sites is 1. The Bertz CT molecular complexity index is 701. The van der Waals surface area contributed by atoms with Crippen LogP contribution in [-0.2, 0) is 19.2 Å². The highest BCUT2D eigenvalue weighted by Gasteiger charge is 2.27. The van der Waals surface area contributed by atoms with E-state index >= 15 is 0 Å². The third kappa shape index (κ3) is 5.84. The summed E-state index contributed by atoms with van der Waals surface area (Å²) < 4.78 is 10.2. The van der Waals surface area contributed by atoms with E-state index in [1.54, 1.807) is 25.0 Å². The Morgan fingerprint density at radius 3 is 2.85 bits per heavy atom. The zero-order valence-electron chi connectivity index (χ0n) is 15.8. The Hall–Kier alpha value is -2.83. The molecule has 1 atom stereocenters. The molecule has 0 bridgehead atoms. The molecule has 0 aliphatic carbocycles. The Kier molecular flexibility index (Phi) is 7.85. The first-order chi connectivity index (χ1) is 13.1. The summed E-state index contributed by atoms with van der Waals surface area (Å²) in [7, 11) is 1.61. The molecule has 1 aromatic carbocycles. The van der Waals surface area contributed by atoms with Crippen molar-refractivity contribution in [3.63, 3.8) is 0 Å². The van der Waals surface area contributed by atoms with Crippen molar-refractivity contribution in [2.24, 2.45) is 5.16 Å². The predicted molar refractivity (Wildman–Crippen MR) is 102 cm³/mol. The summed E-state index contributed by atoms with van der Waals surface area (Å²) in [6.45, 7) is 6.49. The number of rotatable bonds is 10. The topological polar surface area (TPSA) is 77.4 Å². The smallest absolute Gasteiger partial charge is 0.306 e. The van der Waals surface area contributed by atoms with Crippen LogP contribution in [-0.4, -0.2) is 55.4 Å². The van der Waals surface area contributed by atoms with E-state index in [4.69, 9.17) is 14.3 Å². The average molecular weight is 374 g/mol. The number of carbonyl (C=O) groups excluding carboxylic acids is 2. The van der Waals surface area contributed by atoms with E-state index in [1.165, 1.54) is 0 Å². The number of ether oxygens (including phenoxy) is 2. The monoisotopic (exact) mass is 374 g/mol. The summed E-state index contributed by atoms with van der Waals surface area (Å²) >= 11 is 0. The van der Waals surface area contributed by atoms with Crippen molar-refractivity contribution in [3.05, 3.63) is 42.5 Å². The van der Waals surface area contributed by atoms with Crippen LogP contribution in [0.25, 0.3) is 0 Å². The number of esters is 1. The second kappa shape index (κ2) is 10.4. The Morgan fingerprint density at radius 1 is 1.37 bits per heavy atom. The zero-order valence-corrected chi connectivity index (χ0v) is 15.8. The summed E-state index contributed by atoms with van der Waals surface area (Å²) in [5, 5.41) is 4.17. The number of carbonyl (C=O) groups is 2. The lowest BCUT2D eigenvalue weighted by Gasteiger charge is -2.23. The number of nitrogens with zero attached hydrogens (tertiary/aromatic N) is 2. The van der Waals surface area contributed by atoms with Crippen LogP contribution >= 0.6 is 0 Å². The molecular formula is C20H26N2O5. The van der Waals surface area contributed by atoms with Gasteiger partial charge in [-0.1, -0.05) is 23.4 Å². The minimum atomic E-state index is -0.372. The van der Waals surface area contributed by atoms with Gasteiger partial charge in [0, 0.05) is 24.9 Å². The van der Waals surface area contributed by atoms with Gasteiger partial charge in [0.2, 0.25) is 5.91 Å². The number of hydrogen-bond donors (Lipinski definition) is 0. The van der Waals surface area contributed by atoms with Crippen LogP contribution < -0.4 is 4.74 Å². The minimum Gasteiger partial charge on any atom is -0.496 e. The lowest BCUT2D eigenvalue weighted by atomic mass is 10.0. The Labute approximate surface area is 159 Å². The van der Waals surface area contributed by atoms with Gasteiger partial charge in [0.25, 0.3) is 0 Å². The summed E-state index contributed by atoms with van der Waals surface area (Å²) in [5.41, 5.74) is 1.67. The van der Waals surface area contributed by atoms with Crippen molar-refractivity contribution in [1.82, 2.24) is 4.90 Å². The van der Waals surface area contributed by atoms with Crippen LogP contribution in [0.2, 0.25) is 0 Å². The van der Waals surface area contributed by atoms with E-state index in [2.05, 4.69) is 11.7 Å². The maximum atomic E-state index is 12.4. The molecule has 0 saturated carbocycles. The first kappa shape index (κ1) is 20.5. The van der Waals surface area contributed by atoms with Crippen molar-refractivity contribution in [3.8, 4) is 5.75 Å². The van der Waals surface area contributed by atoms with E-state index in [1.807, 2.05) is 24.3 Å². The van der Waals surface area contributed by atoms with Gasteiger partial charge in [0.15, 0.2) is 6.10 Å². The van der Waals surface area contributed by atoms with Gasteiger partial charge in [-0.25, -0.2) is 0 Å². The molecule has 1 aromatic rings. The van der Waals surface area contributed by atoms with E-state index in [-0.39, 0.29) is 30.8 Å². The molecule has 1 heterocycles. The normalized spacial score (nSPS) is 15.5. The fraction of sp³-hybridized carbons (Fsp3) is 0.450. The standard InChI is InChI=1S/C20H26N2O5/c1-4-12-22(19(23)10-11-20(24)26-5-2)14-15-13-17(21-27-15)16-8-6-7-9-18(16)25-3/h4,6-9,15H,1,5,10-14H2,2-3H3/t15-/m1/s1. The number of benzene rings is 1. The van der Waals surface area contributed by atoms with Crippen molar-refractivity contribution in [2.75, 3.05) is 26.8 Å². The van der Waals surface area contributed by atoms with Gasteiger partial charge in [0.1, 0.15) is 5.75 Å². The molecular weight excluding hydrogens is 348 g/mol. The van der Waals surface area contributed by atoms with Crippen molar-refractivity contribution in [2.45, 2.75) is 32.3 Å². The maximum Gasteiger partial charge on any atom is 0.306 e. The van der Waals surface area contributed by atoms with E-state index in [9.17, 15) is 9.59 Å². The van der Waals surface area contributed by atoms with Crippen LogP contribution in [0.1, 0.15) is 31.7 Å². The van der Waals surface area contributed by atoms with Crippen LogP contribution in [0, 0.1) is 0 Å². The summed E-state index contributed by atoms with van der Waals surface area (Å²) in [4.78, 5) is 31.0. The first-order valence-corrected chi connectivity index (χ1v) is 8.99.